The first-order valence-electron chi connectivity index (χ1n) is 5.01. The summed E-state index contributed by atoms with van der Waals surface area (Å²) in [6, 6.07) is 4.33. The van der Waals surface area contributed by atoms with Gasteiger partial charge in [-0.2, -0.15) is 0 Å². The third kappa shape index (κ3) is 3.35. The van der Waals surface area contributed by atoms with Crippen molar-refractivity contribution in [3.8, 4) is 5.75 Å². The van der Waals surface area contributed by atoms with Crippen LogP contribution in [-0.4, -0.2) is 12.9 Å². The van der Waals surface area contributed by atoms with Gasteiger partial charge in [-0.25, -0.2) is 4.39 Å². The summed E-state index contributed by atoms with van der Waals surface area (Å²) in [6.07, 6.45) is 1.44. The Bertz CT molecular complexity index is 334. The minimum absolute atomic E-state index is 0.0631. The summed E-state index contributed by atoms with van der Waals surface area (Å²) < 4.78 is 18.5. The van der Waals surface area contributed by atoms with E-state index in [0.717, 1.165) is 6.42 Å². The highest BCUT2D eigenvalue weighted by Gasteiger charge is 2.08. The van der Waals surface area contributed by atoms with E-state index >= 15 is 0 Å². The molecule has 2 nitrogen and oxygen atoms in total. The second-order valence-electron chi connectivity index (χ2n) is 3.81. The van der Waals surface area contributed by atoms with E-state index in [2.05, 4.69) is 13.8 Å². The number of hydrogen-bond donors (Lipinski definition) is 0. The van der Waals surface area contributed by atoms with E-state index < -0.39 is 5.82 Å². The Morgan fingerprint density at radius 3 is 2.80 bits per heavy atom. The summed E-state index contributed by atoms with van der Waals surface area (Å²) in [6.45, 7) is 4.55. The average molecular weight is 210 g/mol. The van der Waals surface area contributed by atoms with Crippen LogP contribution in [0.25, 0.3) is 0 Å². The van der Waals surface area contributed by atoms with E-state index in [1.807, 2.05) is 0 Å². The van der Waals surface area contributed by atoms with Gasteiger partial charge in [-0.1, -0.05) is 19.9 Å². The second-order valence-corrected chi connectivity index (χ2v) is 3.81. The van der Waals surface area contributed by atoms with Crippen molar-refractivity contribution in [1.82, 2.24) is 0 Å². The molecule has 0 aromatic heterocycles. The predicted octanol–water partition coefficient (Wildman–Crippen LogP) is 3.06. The van der Waals surface area contributed by atoms with E-state index in [4.69, 9.17) is 4.74 Å². The fourth-order valence-electron chi connectivity index (χ4n) is 1.17. The zero-order chi connectivity index (χ0) is 11.3. The maximum absolute atomic E-state index is 13.3. The lowest BCUT2D eigenvalue weighted by molar-refractivity contribution is 0.111. The summed E-state index contributed by atoms with van der Waals surface area (Å²) >= 11 is 0. The van der Waals surface area contributed by atoms with Crippen LogP contribution in [0.4, 0.5) is 4.39 Å². The number of hydrogen-bond acceptors (Lipinski definition) is 2. The molecule has 0 saturated heterocycles. The number of carbonyl (C=O) groups is 1. The van der Waals surface area contributed by atoms with Crippen LogP contribution in [0.3, 0.4) is 0 Å². The van der Waals surface area contributed by atoms with E-state index in [1.165, 1.54) is 12.1 Å². The maximum Gasteiger partial charge on any atom is 0.165 e. The number of para-hydroxylation sites is 1. The zero-order valence-electron chi connectivity index (χ0n) is 9.00. The first-order valence-corrected chi connectivity index (χ1v) is 5.01. The zero-order valence-corrected chi connectivity index (χ0v) is 9.00. The first kappa shape index (κ1) is 11.7. The molecule has 0 heterocycles. The molecule has 0 N–H and O–H groups in total. The van der Waals surface area contributed by atoms with Gasteiger partial charge in [-0.15, -0.1) is 0 Å². The number of rotatable bonds is 5. The van der Waals surface area contributed by atoms with Gasteiger partial charge in [-0.3, -0.25) is 4.79 Å². The molecular weight excluding hydrogens is 195 g/mol. The summed E-state index contributed by atoms with van der Waals surface area (Å²) in [5, 5.41) is 0. The van der Waals surface area contributed by atoms with E-state index in [9.17, 15) is 9.18 Å². The van der Waals surface area contributed by atoms with Crippen molar-refractivity contribution in [2.45, 2.75) is 20.3 Å². The van der Waals surface area contributed by atoms with Crippen molar-refractivity contribution >= 4 is 6.29 Å². The Hall–Kier alpha value is -1.38. The molecule has 0 atom stereocenters. The Balaban J connectivity index is 2.70. The summed E-state index contributed by atoms with van der Waals surface area (Å²) in [5.41, 5.74) is 0.263. The number of carbonyl (C=O) groups excluding carboxylic acids is 1. The molecule has 0 aliphatic carbocycles. The smallest absolute Gasteiger partial charge is 0.165 e. The molecular formula is C12H15FO2. The highest BCUT2D eigenvalue weighted by atomic mass is 19.1. The lowest BCUT2D eigenvalue weighted by Crippen LogP contribution is -2.04. The molecule has 0 fully saturated rings. The third-order valence-corrected chi connectivity index (χ3v) is 2.07. The Kier molecular flexibility index (Phi) is 4.28. The van der Waals surface area contributed by atoms with E-state index in [1.54, 1.807) is 6.07 Å². The van der Waals surface area contributed by atoms with Crippen molar-refractivity contribution in [2.75, 3.05) is 6.61 Å². The van der Waals surface area contributed by atoms with Crippen molar-refractivity contribution in [1.29, 1.82) is 0 Å². The third-order valence-electron chi connectivity index (χ3n) is 2.07. The van der Waals surface area contributed by atoms with Crippen LogP contribution < -0.4 is 4.74 Å². The number of halogens is 1. The van der Waals surface area contributed by atoms with Gasteiger partial charge in [-0.05, 0) is 24.5 Å². The average Bonchev–Trinajstić information content (AvgIpc) is 2.20. The minimum atomic E-state index is -0.483. The van der Waals surface area contributed by atoms with Gasteiger partial charge >= 0.3 is 0 Å². The molecule has 15 heavy (non-hydrogen) atoms. The van der Waals surface area contributed by atoms with Crippen LogP contribution in [0, 0.1) is 11.7 Å². The number of ether oxygens (including phenoxy) is 1. The minimum Gasteiger partial charge on any atom is -0.490 e. The largest absolute Gasteiger partial charge is 0.490 e. The van der Waals surface area contributed by atoms with Crippen molar-refractivity contribution in [3.63, 3.8) is 0 Å². The SMILES string of the molecule is CC(C)CCOc1c(F)cccc1C=O. The molecule has 1 rings (SSSR count). The second kappa shape index (κ2) is 5.49. The van der Waals surface area contributed by atoms with Gasteiger partial charge in [0.2, 0.25) is 0 Å². The van der Waals surface area contributed by atoms with Gasteiger partial charge in [0.25, 0.3) is 0 Å². The van der Waals surface area contributed by atoms with Crippen LogP contribution in [0.2, 0.25) is 0 Å². The molecule has 82 valence electrons. The van der Waals surface area contributed by atoms with Gasteiger partial charge < -0.3 is 4.74 Å². The molecule has 0 radical (unpaired) electrons. The molecule has 0 spiro atoms. The van der Waals surface area contributed by atoms with Crippen LogP contribution in [0.15, 0.2) is 18.2 Å². The maximum atomic E-state index is 13.3. The van der Waals surface area contributed by atoms with E-state index in [0.29, 0.717) is 18.8 Å². The normalized spacial score (nSPS) is 10.4. The lowest BCUT2D eigenvalue weighted by Gasteiger charge is -2.10. The fraction of sp³-hybridized carbons (Fsp3) is 0.417. The predicted molar refractivity (Wildman–Crippen MR) is 56.7 cm³/mol. The Labute approximate surface area is 89.1 Å². The molecule has 0 aliphatic rings. The van der Waals surface area contributed by atoms with Crippen LogP contribution in [0.1, 0.15) is 30.6 Å². The monoisotopic (exact) mass is 210 g/mol. The molecule has 1 aromatic rings. The number of aldehydes is 1. The van der Waals surface area contributed by atoms with Crippen molar-refractivity contribution in [3.05, 3.63) is 29.6 Å². The quantitative estimate of drug-likeness (QED) is 0.698. The molecule has 0 unspecified atom stereocenters. The van der Waals surface area contributed by atoms with Crippen LogP contribution in [-0.2, 0) is 0 Å². The molecule has 3 heteroatoms. The highest BCUT2D eigenvalue weighted by Crippen LogP contribution is 2.21. The molecule has 0 saturated carbocycles. The molecule has 1 aromatic carbocycles. The number of benzene rings is 1. The van der Waals surface area contributed by atoms with Crippen LogP contribution in [0.5, 0.6) is 5.75 Å². The first-order chi connectivity index (χ1) is 7.15. The van der Waals surface area contributed by atoms with Crippen molar-refractivity contribution in [2.24, 2.45) is 5.92 Å². The molecule has 0 aliphatic heterocycles. The summed E-state index contributed by atoms with van der Waals surface area (Å²) in [4.78, 5) is 10.6. The molecule has 0 bridgehead atoms. The Morgan fingerprint density at radius 2 is 2.20 bits per heavy atom. The topological polar surface area (TPSA) is 26.3 Å². The van der Waals surface area contributed by atoms with Crippen molar-refractivity contribution < 1.29 is 13.9 Å². The van der Waals surface area contributed by atoms with Gasteiger partial charge in [0.05, 0.1) is 12.2 Å². The Morgan fingerprint density at radius 1 is 1.47 bits per heavy atom. The van der Waals surface area contributed by atoms with Gasteiger partial charge in [0.1, 0.15) is 0 Å². The molecule has 0 amide bonds. The lowest BCUT2D eigenvalue weighted by atomic mass is 10.1. The van der Waals surface area contributed by atoms with Crippen LogP contribution >= 0.6 is 0 Å². The van der Waals surface area contributed by atoms with Gasteiger partial charge in [0.15, 0.2) is 17.9 Å². The van der Waals surface area contributed by atoms with Gasteiger partial charge in [0, 0.05) is 0 Å². The fourth-order valence-corrected chi connectivity index (χ4v) is 1.17. The van der Waals surface area contributed by atoms with E-state index in [-0.39, 0.29) is 11.3 Å². The summed E-state index contributed by atoms with van der Waals surface area (Å²) in [5.74, 6) is 0.0768. The standard InChI is InChI=1S/C12H15FO2/c1-9(2)6-7-15-12-10(8-14)4-3-5-11(12)13/h3-5,8-9H,6-7H2,1-2H3. The highest BCUT2D eigenvalue weighted by molar-refractivity contribution is 5.79. The summed E-state index contributed by atoms with van der Waals surface area (Å²) in [7, 11) is 0.